The zero-order valence-electron chi connectivity index (χ0n) is 9.14. The minimum atomic E-state index is -1.08. The van der Waals surface area contributed by atoms with Crippen molar-refractivity contribution >= 4 is 11.9 Å². The van der Waals surface area contributed by atoms with Crippen LogP contribution in [0, 0.1) is 0 Å². The van der Waals surface area contributed by atoms with E-state index in [1.54, 1.807) is 6.20 Å². The van der Waals surface area contributed by atoms with Gasteiger partial charge in [-0.2, -0.15) is 0 Å². The fourth-order valence-electron chi connectivity index (χ4n) is 0.715. The maximum Gasteiger partial charge on any atom is 1.00 e. The van der Waals surface area contributed by atoms with Crippen molar-refractivity contribution in [2.75, 3.05) is 0 Å². The topological polar surface area (TPSA) is 132 Å². The third-order valence-electron chi connectivity index (χ3n) is 1.30. The Morgan fingerprint density at radius 3 is 2.50 bits per heavy atom. The van der Waals surface area contributed by atoms with E-state index in [1.165, 1.54) is 6.33 Å². The Kier molecular flexibility index (Phi) is 10.2. The summed E-state index contributed by atoms with van der Waals surface area (Å²) < 4.78 is 0. The average Bonchev–Trinajstić information content (AvgIpc) is 2.55. The molecule has 84 valence electrons. The van der Waals surface area contributed by atoms with Crippen LogP contribution in [0.5, 0.6) is 0 Å². The Morgan fingerprint density at radius 1 is 1.69 bits per heavy atom. The molecule has 0 aliphatic rings. The average molecular weight is 237 g/mol. The van der Waals surface area contributed by atoms with Crippen molar-refractivity contribution in [1.82, 2.24) is 9.97 Å². The molecular formula is C8H12N3NaO4. The van der Waals surface area contributed by atoms with Crippen LogP contribution in [0.1, 0.15) is 12.6 Å². The number of carboxylic acid groups (broad SMARTS) is 2. The standard InChI is InChI=1S/C6H9N3O2.C2H4O2.Na/c7-5(6(10)11)1-4-2-8-3-9-4;1-2(3)4;/h2-3,5H,1,7H2,(H,8,9)(H,10,11);1H3,(H,3,4);/q;;+1/p-1. The monoisotopic (exact) mass is 237 g/mol. The molecule has 0 aliphatic heterocycles. The number of aromatic nitrogens is 2. The molecule has 1 heterocycles. The number of rotatable bonds is 3. The molecule has 1 atom stereocenters. The summed E-state index contributed by atoms with van der Waals surface area (Å²) in [5, 5.41) is 17.3. The van der Waals surface area contributed by atoms with Gasteiger partial charge in [0.25, 0.3) is 0 Å². The van der Waals surface area contributed by atoms with Gasteiger partial charge in [-0.05, 0) is 6.92 Å². The molecular weight excluding hydrogens is 225 g/mol. The van der Waals surface area contributed by atoms with Crippen molar-refractivity contribution in [3.8, 4) is 0 Å². The third kappa shape index (κ3) is 9.66. The number of imidazole rings is 1. The van der Waals surface area contributed by atoms with Gasteiger partial charge in [0.05, 0.1) is 12.0 Å². The molecule has 0 aliphatic carbocycles. The largest absolute Gasteiger partial charge is 1.00 e. The zero-order chi connectivity index (χ0) is 11.8. The van der Waals surface area contributed by atoms with Crippen molar-refractivity contribution in [3.63, 3.8) is 0 Å². The predicted molar refractivity (Wildman–Crippen MR) is 48.6 cm³/mol. The molecule has 0 radical (unpaired) electrons. The molecule has 8 heteroatoms. The number of H-pyrrole nitrogens is 1. The number of nitrogens with two attached hydrogens (primary N) is 1. The summed E-state index contributed by atoms with van der Waals surface area (Å²) in [4.78, 5) is 25.7. The Bertz CT molecular complexity index is 311. The smallest absolute Gasteiger partial charge is 0.550 e. The minimum absolute atomic E-state index is 0. The predicted octanol–water partition coefficient (Wildman–Crippen LogP) is -4.88. The number of carboxylic acids is 2. The van der Waals surface area contributed by atoms with Crippen molar-refractivity contribution in [3.05, 3.63) is 18.2 Å². The molecule has 1 aromatic heterocycles. The molecule has 0 fully saturated rings. The van der Waals surface area contributed by atoms with Gasteiger partial charge in [-0.15, -0.1) is 0 Å². The Hall–Kier alpha value is -0.890. The number of carbonyl (C=O) groups excluding carboxylic acids is 1. The summed E-state index contributed by atoms with van der Waals surface area (Å²) in [5.74, 6) is -2.09. The van der Waals surface area contributed by atoms with Gasteiger partial charge >= 0.3 is 35.5 Å². The number of nitrogens with zero attached hydrogens (tertiary/aromatic N) is 1. The first kappa shape index (κ1) is 17.5. The van der Waals surface area contributed by atoms with Gasteiger partial charge in [0, 0.05) is 18.6 Å². The van der Waals surface area contributed by atoms with E-state index in [1.807, 2.05) is 0 Å². The van der Waals surface area contributed by atoms with Gasteiger partial charge < -0.3 is 25.7 Å². The van der Waals surface area contributed by atoms with Crippen molar-refractivity contribution in [2.45, 2.75) is 19.4 Å². The van der Waals surface area contributed by atoms with Crippen LogP contribution in [0.3, 0.4) is 0 Å². The van der Waals surface area contributed by atoms with Gasteiger partial charge in [-0.3, -0.25) is 4.79 Å². The molecule has 0 bridgehead atoms. The zero-order valence-corrected chi connectivity index (χ0v) is 11.1. The number of hydrogen-bond donors (Lipinski definition) is 3. The number of hydrogen-bond acceptors (Lipinski definition) is 5. The van der Waals surface area contributed by atoms with Crippen molar-refractivity contribution in [2.24, 2.45) is 5.73 Å². The van der Waals surface area contributed by atoms with Crippen LogP contribution < -0.4 is 40.4 Å². The molecule has 1 aromatic rings. The van der Waals surface area contributed by atoms with Gasteiger partial charge in [-0.1, -0.05) is 0 Å². The van der Waals surface area contributed by atoms with Gasteiger partial charge in [-0.25, -0.2) is 4.98 Å². The summed E-state index contributed by atoms with van der Waals surface area (Å²) in [7, 11) is 0. The second-order valence-electron chi connectivity index (χ2n) is 2.70. The van der Waals surface area contributed by atoms with Crippen LogP contribution in [0.4, 0.5) is 0 Å². The van der Waals surface area contributed by atoms with E-state index in [0.717, 1.165) is 6.92 Å². The van der Waals surface area contributed by atoms with E-state index in [2.05, 4.69) is 9.97 Å². The Labute approximate surface area is 114 Å². The number of nitrogens with one attached hydrogen (secondary N) is 1. The Morgan fingerprint density at radius 2 is 2.19 bits per heavy atom. The van der Waals surface area contributed by atoms with E-state index < -0.39 is 18.0 Å². The van der Waals surface area contributed by atoms with Gasteiger partial charge in [0.1, 0.15) is 6.04 Å². The summed E-state index contributed by atoms with van der Waals surface area (Å²) in [6.07, 6.45) is 3.38. The molecule has 0 saturated carbocycles. The van der Waals surface area contributed by atoms with Crippen LogP contribution in [0.15, 0.2) is 12.5 Å². The van der Waals surface area contributed by atoms with Crippen LogP contribution in [-0.4, -0.2) is 33.1 Å². The molecule has 0 amide bonds. The number of carbonyl (C=O) groups is 2. The maximum atomic E-state index is 10.3. The van der Waals surface area contributed by atoms with E-state index in [-0.39, 0.29) is 36.0 Å². The fourth-order valence-corrected chi connectivity index (χ4v) is 0.715. The fraction of sp³-hybridized carbons (Fsp3) is 0.375. The van der Waals surface area contributed by atoms with E-state index in [9.17, 15) is 4.79 Å². The second-order valence-corrected chi connectivity index (χ2v) is 2.70. The van der Waals surface area contributed by atoms with E-state index >= 15 is 0 Å². The minimum Gasteiger partial charge on any atom is -0.550 e. The maximum absolute atomic E-state index is 10.3. The first-order chi connectivity index (χ1) is 6.93. The first-order valence-corrected chi connectivity index (χ1v) is 4.07. The SMILES string of the molecule is CC(=O)[O-].NC(Cc1c[nH]cn1)C(=O)O.[Na+]. The summed E-state index contributed by atoms with van der Waals surface area (Å²) >= 11 is 0. The van der Waals surface area contributed by atoms with E-state index in [4.69, 9.17) is 20.7 Å². The summed E-state index contributed by atoms with van der Waals surface area (Å²) in [6, 6.07) is -0.863. The molecule has 7 nitrogen and oxygen atoms in total. The van der Waals surface area contributed by atoms with E-state index in [0.29, 0.717) is 5.69 Å². The molecule has 0 aromatic carbocycles. The molecule has 0 spiro atoms. The van der Waals surface area contributed by atoms with Crippen molar-refractivity contribution < 1.29 is 49.4 Å². The van der Waals surface area contributed by atoms with Gasteiger partial charge in [0.2, 0.25) is 0 Å². The van der Waals surface area contributed by atoms with Crippen molar-refractivity contribution in [1.29, 1.82) is 0 Å². The summed E-state index contributed by atoms with van der Waals surface area (Å²) in [5.41, 5.74) is 5.92. The van der Waals surface area contributed by atoms with Crippen LogP contribution in [0.25, 0.3) is 0 Å². The number of aliphatic carboxylic acids is 2. The quantitative estimate of drug-likeness (QED) is 0.451. The Balaban J connectivity index is 0. The third-order valence-corrected chi connectivity index (χ3v) is 1.30. The first-order valence-electron chi connectivity index (χ1n) is 4.07. The van der Waals surface area contributed by atoms with Crippen LogP contribution >= 0.6 is 0 Å². The second kappa shape index (κ2) is 9.34. The van der Waals surface area contributed by atoms with Crippen LogP contribution in [0.2, 0.25) is 0 Å². The molecule has 1 unspecified atom stereocenters. The number of aromatic amines is 1. The summed E-state index contributed by atoms with van der Waals surface area (Å²) in [6.45, 7) is 0.972. The molecule has 16 heavy (non-hydrogen) atoms. The van der Waals surface area contributed by atoms with Gasteiger partial charge in [0.15, 0.2) is 0 Å². The van der Waals surface area contributed by atoms with Crippen LogP contribution in [-0.2, 0) is 16.0 Å². The molecule has 4 N–H and O–H groups in total. The molecule has 0 saturated heterocycles. The molecule has 1 rings (SSSR count). The normalized spacial score (nSPS) is 10.4.